The van der Waals surface area contributed by atoms with E-state index >= 15 is 0 Å². The maximum Gasteiger partial charge on any atom is 0.0206 e. The second kappa shape index (κ2) is 12.4. The van der Waals surface area contributed by atoms with Gasteiger partial charge in [-0.15, -0.1) is 0 Å². The third-order valence-electron chi connectivity index (χ3n) is 16.4. The van der Waals surface area contributed by atoms with Crippen LogP contribution in [0.2, 0.25) is 0 Å². The summed E-state index contributed by atoms with van der Waals surface area (Å²) in [5.41, 5.74) is 28.9. The Morgan fingerprint density at radius 2 is 1.31 bits per heavy atom. The SMILES string of the molecule is C1=CC2c3cc(C4=CC=C5CC=C6CC=CC7C=CC4C5C67)ccc3C=C3c4c(c(-c5ccccc5)c5cc6c7c(c5c4-c4ccccc4)CCC=C7c4ccccc4-6)C(=C1)C32. The van der Waals surface area contributed by atoms with Gasteiger partial charge in [0, 0.05) is 23.7 Å². The predicted octanol–water partition coefficient (Wildman–Crippen LogP) is 15.4. The summed E-state index contributed by atoms with van der Waals surface area (Å²) < 4.78 is 0. The van der Waals surface area contributed by atoms with Crippen molar-refractivity contribution in [3.8, 4) is 33.4 Å². The molecule has 0 N–H and O–H groups in total. The maximum absolute atomic E-state index is 2.61. The molecule has 15 rings (SSSR count). The molecule has 6 atom stereocenters. The van der Waals surface area contributed by atoms with Crippen molar-refractivity contribution in [1.29, 1.82) is 0 Å². The van der Waals surface area contributed by atoms with Gasteiger partial charge in [0.15, 0.2) is 0 Å². The molecule has 0 bridgehead atoms. The Kier molecular flexibility index (Phi) is 6.79. The molecule has 0 heteroatoms. The van der Waals surface area contributed by atoms with Crippen molar-refractivity contribution < 1.29 is 0 Å². The van der Waals surface area contributed by atoms with Crippen LogP contribution in [0.25, 0.3) is 72.5 Å². The average molecular weight is 789 g/mol. The number of hydrogen-bond acceptors (Lipinski definition) is 0. The van der Waals surface area contributed by atoms with E-state index in [1.165, 1.54) is 111 Å². The molecule has 9 aliphatic carbocycles. The van der Waals surface area contributed by atoms with E-state index in [1.54, 1.807) is 11.1 Å². The molecule has 0 nitrogen and oxygen atoms in total. The first kappa shape index (κ1) is 33.9. The minimum atomic E-state index is 0.251. The highest BCUT2D eigenvalue weighted by Crippen LogP contribution is 2.65. The summed E-state index contributed by atoms with van der Waals surface area (Å²) in [6.07, 6.45) is 34.3. The molecule has 0 heterocycles. The van der Waals surface area contributed by atoms with Crippen LogP contribution in [0.5, 0.6) is 0 Å². The molecule has 0 aromatic heterocycles. The van der Waals surface area contributed by atoms with E-state index in [9.17, 15) is 0 Å². The number of hydrogen-bond donors (Lipinski definition) is 0. The Bertz CT molecular complexity index is 3350. The molecular formula is C62H44. The zero-order valence-corrected chi connectivity index (χ0v) is 34.6. The minimum absolute atomic E-state index is 0.251. The molecule has 292 valence electrons. The fraction of sp³-hybridized carbons (Fsp3) is 0.161. The lowest BCUT2D eigenvalue weighted by Crippen LogP contribution is -2.38. The Morgan fingerprint density at radius 3 is 2.18 bits per heavy atom. The van der Waals surface area contributed by atoms with Crippen LogP contribution in [-0.2, 0) is 6.42 Å². The van der Waals surface area contributed by atoms with Crippen LogP contribution in [0.15, 0.2) is 187 Å². The summed E-state index contributed by atoms with van der Waals surface area (Å²) in [6.45, 7) is 0. The van der Waals surface area contributed by atoms with Gasteiger partial charge in [0.25, 0.3) is 0 Å². The molecule has 62 heavy (non-hydrogen) atoms. The number of fused-ring (bicyclic) bond motifs is 10. The van der Waals surface area contributed by atoms with Gasteiger partial charge in [-0.1, -0.05) is 187 Å². The van der Waals surface area contributed by atoms with Gasteiger partial charge in [-0.25, -0.2) is 0 Å². The van der Waals surface area contributed by atoms with Gasteiger partial charge in [-0.2, -0.15) is 0 Å². The number of benzene rings is 6. The van der Waals surface area contributed by atoms with Crippen LogP contribution >= 0.6 is 0 Å². The zero-order chi connectivity index (χ0) is 40.2. The van der Waals surface area contributed by atoms with Crippen molar-refractivity contribution in [2.24, 2.45) is 29.6 Å². The number of allylic oxidation sites excluding steroid dienone is 16. The third-order valence-corrected chi connectivity index (χ3v) is 16.4. The first-order valence-corrected chi connectivity index (χ1v) is 23.1. The van der Waals surface area contributed by atoms with E-state index in [1.807, 2.05) is 0 Å². The Morgan fingerprint density at radius 1 is 0.500 bits per heavy atom. The largest absolute Gasteiger partial charge is 0.0838 e. The van der Waals surface area contributed by atoms with E-state index in [4.69, 9.17) is 0 Å². The van der Waals surface area contributed by atoms with Crippen LogP contribution in [0.4, 0.5) is 0 Å². The Balaban J connectivity index is 0.984. The maximum atomic E-state index is 2.61. The summed E-state index contributed by atoms with van der Waals surface area (Å²) in [5, 5.41) is 2.84. The van der Waals surface area contributed by atoms with Crippen LogP contribution in [0.1, 0.15) is 69.7 Å². The molecule has 0 amide bonds. The van der Waals surface area contributed by atoms with Crippen molar-refractivity contribution in [3.63, 3.8) is 0 Å². The first-order chi connectivity index (χ1) is 30.8. The van der Waals surface area contributed by atoms with Crippen molar-refractivity contribution in [1.82, 2.24) is 0 Å². The molecule has 0 saturated carbocycles. The quantitative estimate of drug-likeness (QED) is 0.156. The molecule has 0 aliphatic heterocycles. The van der Waals surface area contributed by atoms with Gasteiger partial charge < -0.3 is 0 Å². The van der Waals surface area contributed by atoms with Gasteiger partial charge in [0.1, 0.15) is 0 Å². The van der Waals surface area contributed by atoms with Crippen molar-refractivity contribution >= 4 is 39.1 Å². The van der Waals surface area contributed by atoms with E-state index in [2.05, 4.69) is 182 Å². The molecule has 6 aromatic rings. The van der Waals surface area contributed by atoms with Gasteiger partial charge in [0.2, 0.25) is 0 Å². The smallest absolute Gasteiger partial charge is 0.0206 e. The van der Waals surface area contributed by atoms with Crippen LogP contribution < -0.4 is 0 Å². The number of rotatable bonds is 3. The lowest BCUT2D eigenvalue weighted by atomic mass is 9.56. The predicted molar refractivity (Wildman–Crippen MR) is 259 cm³/mol. The summed E-state index contributed by atoms with van der Waals surface area (Å²) in [7, 11) is 0. The van der Waals surface area contributed by atoms with E-state index in [0.29, 0.717) is 23.7 Å². The molecule has 9 aliphatic rings. The highest BCUT2D eigenvalue weighted by atomic mass is 14.5. The van der Waals surface area contributed by atoms with E-state index in [0.717, 1.165) is 25.7 Å². The fourth-order valence-electron chi connectivity index (χ4n) is 14.0. The fourth-order valence-corrected chi connectivity index (χ4v) is 14.0. The molecule has 6 aromatic carbocycles. The molecule has 0 saturated heterocycles. The van der Waals surface area contributed by atoms with Crippen LogP contribution in [-0.4, -0.2) is 0 Å². The molecule has 0 spiro atoms. The molecule has 0 fully saturated rings. The molecule has 6 unspecified atom stereocenters. The van der Waals surface area contributed by atoms with Crippen molar-refractivity contribution in [2.45, 2.75) is 31.6 Å². The lowest BCUT2D eigenvalue weighted by Gasteiger charge is -2.47. The topological polar surface area (TPSA) is 0 Å². The van der Waals surface area contributed by atoms with Gasteiger partial charge in [-0.05, 0) is 155 Å². The molecule has 0 radical (unpaired) electrons. The number of aryl methyl sites for hydroxylation is 1. The van der Waals surface area contributed by atoms with Crippen LogP contribution in [0, 0.1) is 29.6 Å². The molecular weight excluding hydrogens is 745 g/mol. The van der Waals surface area contributed by atoms with Gasteiger partial charge >= 0.3 is 0 Å². The summed E-state index contributed by atoms with van der Waals surface area (Å²) >= 11 is 0. The monoisotopic (exact) mass is 788 g/mol. The average Bonchev–Trinajstić information content (AvgIpc) is 3.84. The second-order valence-corrected chi connectivity index (χ2v) is 19.1. The Labute approximate surface area is 363 Å². The van der Waals surface area contributed by atoms with Crippen LogP contribution in [0.3, 0.4) is 0 Å². The minimum Gasteiger partial charge on any atom is -0.0838 e. The standard InChI is InChI=1S/C62H44/c1-3-12-35(13-4-1)56-53-34-51-44-19-8-7-18-43(44)45-20-10-22-48(58(45)51)60(53)57(36-14-5-2-6-15-36)62-52-33-41-27-26-40(32-50(41)46-21-11-23-49(59(46)52)61(56)62)42-30-28-39-25-24-37-16-9-17-38-29-31-47(42)55(39)54(37)38/h1-9,11-15,17-21,23-24,26-34,38,46-47,54-55,59H,10,16,22,25H2. The third kappa shape index (κ3) is 4.37. The van der Waals surface area contributed by atoms with E-state index < -0.39 is 0 Å². The highest BCUT2D eigenvalue weighted by Gasteiger charge is 2.47. The first-order valence-electron chi connectivity index (χ1n) is 23.1. The van der Waals surface area contributed by atoms with Gasteiger partial charge in [0.05, 0.1) is 0 Å². The highest BCUT2D eigenvalue weighted by molar-refractivity contribution is 6.23. The van der Waals surface area contributed by atoms with Crippen molar-refractivity contribution in [2.75, 3.05) is 0 Å². The normalized spacial score (nSPS) is 25.5. The summed E-state index contributed by atoms with van der Waals surface area (Å²) in [6, 6.07) is 42.0. The summed E-state index contributed by atoms with van der Waals surface area (Å²) in [5.74, 6) is 2.63. The summed E-state index contributed by atoms with van der Waals surface area (Å²) in [4.78, 5) is 0. The van der Waals surface area contributed by atoms with Crippen molar-refractivity contribution in [3.05, 3.63) is 232 Å². The Hall–Kier alpha value is -6.76. The van der Waals surface area contributed by atoms with E-state index in [-0.39, 0.29) is 11.8 Å². The lowest BCUT2D eigenvalue weighted by molar-refractivity contribution is 0.299. The second-order valence-electron chi connectivity index (χ2n) is 19.1. The van der Waals surface area contributed by atoms with Gasteiger partial charge in [-0.3, -0.25) is 0 Å². The zero-order valence-electron chi connectivity index (χ0n) is 34.6.